The minimum atomic E-state index is -0.323. The molecule has 1 fully saturated rings. The Labute approximate surface area is 229 Å². The zero-order chi connectivity index (χ0) is 26.9. The van der Waals surface area contributed by atoms with Crippen LogP contribution < -0.4 is 11.2 Å². The van der Waals surface area contributed by atoms with Crippen LogP contribution >= 0.6 is 11.6 Å². The molecule has 2 atom stereocenters. The second-order valence-corrected chi connectivity index (χ2v) is 10.4. The molecule has 0 bridgehead atoms. The summed E-state index contributed by atoms with van der Waals surface area (Å²) in [5.41, 5.74) is 12.2. The first-order valence-electron chi connectivity index (χ1n) is 13.5. The molecule has 0 aliphatic heterocycles. The monoisotopic (exact) mass is 536 g/mol. The molecule has 1 unspecified atom stereocenters. The molecule has 8 heteroatoms. The molecule has 4 rings (SSSR count). The number of rotatable bonds is 13. The summed E-state index contributed by atoms with van der Waals surface area (Å²) in [5, 5.41) is 0.243. The lowest BCUT2D eigenvalue weighted by molar-refractivity contribution is -0.136. The van der Waals surface area contributed by atoms with Gasteiger partial charge in [-0.3, -0.25) is 14.4 Å². The molecule has 2 aromatic carbocycles. The molecule has 0 spiro atoms. The predicted molar refractivity (Wildman–Crippen MR) is 149 cm³/mol. The summed E-state index contributed by atoms with van der Waals surface area (Å²) < 4.78 is 1.89. The minimum Gasteiger partial charge on any atom is -0.322 e. The lowest BCUT2D eigenvalue weighted by atomic mass is 9.84. The number of hydrogen-bond donors (Lipinski definition) is 2. The van der Waals surface area contributed by atoms with Crippen molar-refractivity contribution in [2.24, 2.45) is 11.7 Å². The van der Waals surface area contributed by atoms with E-state index < -0.39 is 0 Å². The summed E-state index contributed by atoms with van der Waals surface area (Å²) in [5.74, 6) is 0.642. The van der Waals surface area contributed by atoms with E-state index in [0.29, 0.717) is 12.2 Å². The molecule has 3 aromatic rings. The van der Waals surface area contributed by atoms with Gasteiger partial charge in [0.15, 0.2) is 11.4 Å². The highest BCUT2D eigenvalue weighted by atomic mass is 35.5. The zero-order valence-corrected chi connectivity index (χ0v) is 22.7. The fraction of sp³-hybridized carbons (Fsp3) is 0.433. The number of amides is 1. The highest BCUT2D eigenvalue weighted by molar-refractivity contribution is 6.31. The highest BCUT2D eigenvalue weighted by Crippen LogP contribution is 2.37. The molecule has 0 radical (unpaired) electrons. The molecule has 3 N–H and O–H groups in total. The Hall–Kier alpha value is -3.00. The van der Waals surface area contributed by atoms with Crippen LogP contribution in [0.4, 0.5) is 0 Å². The van der Waals surface area contributed by atoms with Gasteiger partial charge < -0.3 is 10.3 Å². The van der Waals surface area contributed by atoms with Crippen molar-refractivity contribution in [3.05, 3.63) is 88.0 Å². The quantitative estimate of drug-likeness (QED) is 0.214. The number of nitrogens with one attached hydrogen (secondary N) is 1. The molecular weight excluding hydrogens is 500 g/mol. The first kappa shape index (κ1) is 28.0. The third-order valence-corrected chi connectivity index (χ3v) is 7.68. The molecule has 1 heterocycles. The molecule has 202 valence electrons. The molecule has 1 amide bonds. The number of carbonyl (C=O) groups excluding carboxylic acids is 2. The second kappa shape index (κ2) is 13.7. The first-order chi connectivity index (χ1) is 18.5. The number of hydrogen-bond acceptors (Lipinski definition) is 5. The van der Waals surface area contributed by atoms with Gasteiger partial charge in [0.05, 0.1) is 18.6 Å². The Morgan fingerprint density at radius 3 is 2.53 bits per heavy atom. The van der Waals surface area contributed by atoms with Gasteiger partial charge in [0.2, 0.25) is 0 Å². The smallest absolute Gasteiger partial charge is 0.251 e. The van der Waals surface area contributed by atoms with Gasteiger partial charge in [-0.15, -0.1) is 0 Å². The number of aryl methyl sites for hydroxylation is 1. The number of benzene rings is 2. The van der Waals surface area contributed by atoms with E-state index in [0.717, 1.165) is 73.7 Å². The van der Waals surface area contributed by atoms with Crippen LogP contribution in [0.25, 0.3) is 0 Å². The lowest BCUT2D eigenvalue weighted by Gasteiger charge is -2.24. The summed E-state index contributed by atoms with van der Waals surface area (Å²) in [7, 11) is 0. The van der Waals surface area contributed by atoms with E-state index in [4.69, 9.17) is 22.2 Å². The van der Waals surface area contributed by atoms with Gasteiger partial charge in [-0.25, -0.2) is 10.5 Å². The van der Waals surface area contributed by atoms with E-state index in [1.54, 1.807) is 0 Å². The molecule has 1 aliphatic rings. The number of carbonyl (C=O) groups is 2. The van der Waals surface area contributed by atoms with Crippen molar-refractivity contribution in [2.75, 3.05) is 6.61 Å². The number of imidazole rings is 1. The van der Waals surface area contributed by atoms with E-state index in [2.05, 4.69) is 17.4 Å². The molecule has 7 nitrogen and oxygen atoms in total. The van der Waals surface area contributed by atoms with Crippen LogP contribution in [0.5, 0.6) is 0 Å². The van der Waals surface area contributed by atoms with Crippen LogP contribution in [0, 0.1) is 5.92 Å². The molecule has 0 saturated heterocycles. The van der Waals surface area contributed by atoms with Crippen molar-refractivity contribution in [2.45, 2.75) is 70.4 Å². The Morgan fingerprint density at radius 1 is 1.16 bits per heavy atom. The van der Waals surface area contributed by atoms with Gasteiger partial charge in [0.25, 0.3) is 5.91 Å². The standard InChI is InChI=1S/C30H37ClN4O3/c1-2-3-13-27-33-29(31)26(19-36)35(27)18-21-14-16-24(17-15-21)28(23-11-7-8-12-23)30(37)34-38-20-25(32)22-9-5-4-6-10-22/h4-6,9-10,14-17,19,23,25,28H,2-3,7-8,11-13,18,20,32H2,1H3,(H,34,37)/t25-,28?/m1/s1. The van der Waals surface area contributed by atoms with Crippen LogP contribution in [-0.4, -0.2) is 28.4 Å². The Morgan fingerprint density at radius 2 is 1.87 bits per heavy atom. The van der Waals surface area contributed by atoms with Crippen molar-refractivity contribution in [1.82, 2.24) is 15.0 Å². The summed E-state index contributed by atoms with van der Waals surface area (Å²) in [6, 6.07) is 17.4. The maximum Gasteiger partial charge on any atom is 0.251 e. The highest BCUT2D eigenvalue weighted by Gasteiger charge is 2.32. The largest absolute Gasteiger partial charge is 0.322 e. The number of halogens is 1. The number of hydroxylamine groups is 1. The number of aldehydes is 1. The van der Waals surface area contributed by atoms with E-state index >= 15 is 0 Å². The minimum absolute atomic E-state index is 0.142. The van der Waals surface area contributed by atoms with Gasteiger partial charge >= 0.3 is 0 Å². The van der Waals surface area contributed by atoms with Crippen molar-refractivity contribution in [3.63, 3.8) is 0 Å². The third kappa shape index (κ3) is 6.90. The molecule has 1 aromatic heterocycles. The third-order valence-electron chi connectivity index (χ3n) is 7.40. The normalized spacial score (nSPS) is 15.3. The lowest BCUT2D eigenvalue weighted by Crippen LogP contribution is -2.35. The van der Waals surface area contributed by atoms with Crippen LogP contribution in [0.3, 0.4) is 0 Å². The summed E-state index contributed by atoms with van der Waals surface area (Å²) in [6.07, 6.45) is 7.82. The van der Waals surface area contributed by atoms with Crippen LogP contribution in [0.15, 0.2) is 54.6 Å². The molecule has 38 heavy (non-hydrogen) atoms. The maximum absolute atomic E-state index is 13.3. The van der Waals surface area contributed by atoms with E-state index in [1.807, 2.05) is 59.2 Å². The summed E-state index contributed by atoms with van der Waals surface area (Å²) in [4.78, 5) is 35.0. The Balaban J connectivity index is 1.45. The van der Waals surface area contributed by atoms with Crippen molar-refractivity contribution >= 4 is 23.8 Å². The fourth-order valence-electron chi connectivity index (χ4n) is 5.30. The molecule has 1 saturated carbocycles. The Kier molecular flexibility index (Phi) is 10.1. The topological polar surface area (TPSA) is 99.2 Å². The van der Waals surface area contributed by atoms with Crippen molar-refractivity contribution in [3.8, 4) is 0 Å². The van der Waals surface area contributed by atoms with Gasteiger partial charge in [-0.05, 0) is 41.9 Å². The van der Waals surface area contributed by atoms with Gasteiger partial charge in [-0.1, -0.05) is 92.4 Å². The van der Waals surface area contributed by atoms with Crippen LogP contribution in [0.2, 0.25) is 5.15 Å². The first-order valence-corrected chi connectivity index (χ1v) is 13.9. The average Bonchev–Trinajstić information content (AvgIpc) is 3.56. The Bertz CT molecular complexity index is 1190. The molecule has 1 aliphatic carbocycles. The van der Waals surface area contributed by atoms with Gasteiger partial charge in [-0.2, -0.15) is 0 Å². The van der Waals surface area contributed by atoms with E-state index in [9.17, 15) is 9.59 Å². The SMILES string of the molecule is CCCCc1nc(Cl)c(C=O)n1Cc1ccc(C(C(=O)NOC[C@@H](N)c2ccccc2)C2CCCC2)cc1. The number of aromatic nitrogens is 2. The average molecular weight is 537 g/mol. The number of unbranched alkanes of at least 4 members (excludes halogenated alkanes) is 1. The van der Waals surface area contributed by atoms with Crippen molar-refractivity contribution < 1.29 is 14.4 Å². The number of nitrogens with zero attached hydrogens (tertiary/aromatic N) is 2. The van der Waals surface area contributed by atoms with E-state index in [1.165, 1.54) is 0 Å². The van der Waals surface area contributed by atoms with Gasteiger partial charge in [0, 0.05) is 13.0 Å². The summed E-state index contributed by atoms with van der Waals surface area (Å²) in [6.45, 7) is 2.81. The predicted octanol–water partition coefficient (Wildman–Crippen LogP) is 5.76. The van der Waals surface area contributed by atoms with Crippen LogP contribution in [0.1, 0.15) is 90.4 Å². The zero-order valence-electron chi connectivity index (χ0n) is 21.9. The molecular formula is C30H37ClN4O3. The number of nitrogens with two attached hydrogens (primary N) is 1. The van der Waals surface area contributed by atoms with Gasteiger partial charge in [0.1, 0.15) is 11.5 Å². The second-order valence-electron chi connectivity index (χ2n) is 10.1. The fourth-order valence-corrected chi connectivity index (χ4v) is 5.54. The summed E-state index contributed by atoms with van der Waals surface area (Å²) >= 11 is 6.24. The van der Waals surface area contributed by atoms with Crippen molar-refractivity contribution in [1.29, 1.82) is 0 Å². The van der Waals surface area contributed by atoms with Crippen LogP contribution in [-0.2, 0) is 22.6 Å². The maximum atomic E-state index is 13.3. The van der Waals surface area contributed by atoms with E-state index in [-0.39, 0.29) is 35.5 Å².